The molecule has 6 heteroatoms. The van der Waals surface area contributed by atoms with Crippen molar-refractivity contribution in [3.05, 3.63) is 11.7 Å². The summed E-state index contributed by atoms with van der Waals surface area (Å²) in [6, 6.07) is 0.211. The Morgan fingerprint density at radius 2 is 2.16 bits per heavy atom. The molecule has 0 saturated carbocycles. The third-order valence-corrected chi connectivity index (χ3v) is 3.62. The molecule has 0 aliphatic carbocycles. The van der Waals surface area contributed by atoms with Crippen LogP contribution in [0.3, 0.4) is 0 Å². The Balaban J connectivity index is 1.98. The summed E-state index contributed by atoms with van der Waals surface area (Å²) in [5, 5.41) is 4.08. The van der Waals surface area contributed by atoms with Crippen LogP contribution in [0.25, 0.3) is 0 Å². The lowest BCUT2D eigenvalue weighted by Crippen LogP contribution is -2.36. The van der Waals surface area contributed by atoms with Crippen molar-refractivity contribution in [2.75, 3.05) is 20.3 Å². The van der Waals surface area contributed by atoms with Crippen molar-refractivity contribution in [3.63, 3.8) is 0 Å². The first kappa shape index (κ1) is 14.4. The highest BCUT2D eigenvalue weighted by Crippen LogP contribution is 2.33. The van der Waals surface area contributed by atoms with Gasteiger partial charge in [-0.2, -0.15) is 4.98 Å². The summed E-state index contributed by atoms with van der Waals surface area (Å²) in [5.41, 5.74) is 5.28. The van der Waals surface area contributed by atoms with E-state index in [0.717, 1.165) is 32.1 Å². The first-order chi connectivity index (χ1) is 9.16. The van der Waals surface area contributed by atoms with Crippen LogP contribution < -0.4 is 5.73 Å². The van der Waals surface area contributed by atoms with Gasteiger partial charge in [-0.3, -0.25) is 0 Å². The molecule has 1 unspecified atom stereocenters. The van der Waals surface area contributed by atoms with Crippen LogP contribution in [-0.2, 0) is 21.5 Å². The second-order valence-electron chi connectivity index (χ2n) is 5.19. The van der Waals surface area contributed by atoms with E-state index in [4.69, 9.17) is 19.7 Å². The maximum atomic E-state index is 5.72. The minimum Gasteiger partial charge on any atom is -0.381 e. The van der Waals surface area contributed by atoms with Crippen LogP contribution in [-0.4, -0.2) is 36.5 Å². The first-order valence-corrected chi connectivity index (χ1v) is 6.88. The minimum atomic E-state index is -0.443. The summed E-state index contributed by atoms with van der Waals surface area (Å²) in [6.45, 7) is 3.34. The number of aryl methyl sites for hydroxylation is 1. The summed E-state index contributed by atoms with van der Waals surface area (Å²) in [6.07, 6.45) is 4.22. The van der Waals surface area contributed by atoms with Crippen molar-refractivity contribution in [2.24, 2.45) is 5.73 Å². The lowest BCUT2D eigenvalue weighted by atomic mass is 9.93. The number of hydrogen-bond donors (Lipinski definition) is 1. The molecule has 0 radical (unpaired) electrons. The topological polar surface area (TPSA) is 83.4 Å². The molecule has 1 atom stereocenters. The van der Waals surface area contributed by atoms with Crippen LogP contribution in [0, 0.1) is 0 Å². The molecule has 1 aliphatic heterocycles. The first-order valence-electron chi connectivity index (χ1n) is 6.88. The number of ether oxygens (including phenoxy) is 2. The van der Waals surface area contributed by atoms with Crippen LogP contribution in [0.5, 0.6) is 0 Å². The molecule has 0 aromatic carbocycles. The number of nitrogens with two attached hydrogens (primary N) is 1. The molecule has 1 aliphatic rings. The van der Waals surface area contributed by atoms with Crippen molar-refractivity contribution in [3.8, 4) is 0 Å². The van der Waals surface area contributed by atoms with Gasteiger partial charge in [0, 0.05) is 45.6 Å². The second-order valence-corrected chi connectivity index (χ2v) is 5.19. The molecule has 0 spiro atoms. The molecule has 1 aromatic rings. The Morgan fingerprint density at radius 1 is 1.42 bits per heavy atom. The number of rotatable bonds is 6. The fraction of sp³-hybridized carbons (Fsp3) is 0.846. The molecule has 6 nitrogen and oxygen atoms in total. The normalized spacial score (nSPS) is 20.4. The van der Waals surface area contributed by atoms with Gasteiger partial charge < -0.3 is 19.7 Å². The van der Waals surface area contributed by atoms with Crippen LogP contribution in [0.1, 0.15) is 44.3 Å². The van der Waals surface area contributed by atoms with Gasteiger partial charge in [-0.25, -0.2) is 0 Å². The van der Waals surface area contributed by atoms with Gasteiger partial charge in [0.25, 0.3) is 0 Å². The van der Waals surface area contributed by atoms with E-state index >= 15 is 0 Å². The van der Waals surface area contributed by atoms with Gasteiger partial charge in [0.2, 0.25) is 11.7 Å². The number of nitrogens with zero attached hydrogens (tertiary/aromatic N) is 2. The highest BCUT2D eigenvalue weighted by Gasteiger charge is 2.39. The van der Waals surface area contributed by atoms with E-state index in [1.807, 2.05) is 6.92 Å². The molecular weight excluding hydrogens is 246 g/mol. The Kier molecular flexibility index (Phi) is 4.90. The maximum absolute atomic E-state index is 5.72. The van der Waals surface area contributed by atoms with Gasteiger partial charge in [0.05, 0.1) is 0 Å². The third kappa shape index (κ3) is 3.52. The zero-order chi connectivity index (χ0) is 13.7. The highest BCUT2D eigenvalue weighted by atomic mass is 16.5. The summed E-state index contributed by atoms with van der Waals surface area (Å²) in [4.78, 5) is 4.47. The molecule has 0 amide bonds. The van der Waals surface area contributed by atoms with Gasteiger partial charge >= 0.3 is 0 Å². The van der Waals surface area contributed by atoms with E-state index in [2.05, 4.69) is 10.1 Å². The highest BCUT2D eigenvalue weighted by molar-refractivity contribution is 5.03. The molecule has 2 rings (SSSR count). The molecule has 1 fully saturated rings. The van der Waals surface area contributed by atoms with E-state index in [-0.39, 0.29) is 6.04 Å². The summed E-state index contributed by atoms with van der Waals surface area (Å²) in [7, 11) is 1.69. The van der Waals surface area contributed by atoms with Crippen LogP contribution in [0.4, 0.5) is 0 Å². The van der Waals surface area contributed by atoms with Crippen molar-refractivity contribution >= 4 is 0 Å². The zero-order valence-electron chi connectivity index (χ0n) is 11.7. The number of methoxy groups -OCH3 is 1. The van der Waals surface area contributed by atoms with Gasteiger partial charge in [0.1, 0.15) is 5.60 Å². The molecule has 1 aromatic heterocycles. The molecule has 1 saturated heterocycles. The summed E-state index contributed by atoms with van der Waals surface area (Å²) < 4.78 is 16.3. The predicted molar refractivity (Wildman–Crippen MR) is 69.6 cm³/mol. The second kappa shape index (κ2) is 6.45. The molecule has 19 heavy (non-hydrogen) atoms. The number of hydrogen-bond acceptors (Lipinski definition) is 6. The van der Waals surface area contributed by atoms with E-state index < -0.39 is 5.60 Å². The van der Waals surface area contributed by atoms with Gasteiger partial charge in [-0.05, 0) is 19.8 Å². The van der Waals surface area contributed by atoms with E-state index in [1.165, 1.54) is 0 Å². The van der Waals surface area contributed by atoms with Crippen molar-refractivity contribution in [1.82, 2.24) is 10.1 Å². The van der Waals surface area contributed by atoms with Crippen LogP contribution in [0.15, 0.2) is 4.52 Å². The fourth-order valence-electron chi connectivity index (χ4n) is 2.34. The van der Waals surface area contributed by atoms with Gasteiger partial charge in [-0.15, -0.1) is 0 Å². The van der Waals surface area contributed by atoms with Gasteiger partial charge in [-0.1, -0.05) is 5.16 Å². The average Bonchev–Trinajstić information content (AvgIpc) is 2.88. The van der Waals surface area contributed by atoms with E-state index in [0.29, 0.717) is 24.9 Å². The fourth-order valence-corrected chi connectivity index (χ4v) is 2.34. The Hall–Kier alpha value is -0.980. The monoisotopic (exact) mass is 269 g/mol. The van der Waals surface area contributed by atoms with Crippen LogP contribution >= 0.6 is 0 Å². The lowest BCUT2D eigenvalue weighted by molar-refractivity contribution is -0.101. The summed E-state index contributed by atoms with van der Waals surface area (Å²) in [5.74, 6) is 1.31. The SMILES string of the molecule is COC1(c2noc(CCCC(C)N)n2)CCOCC1. The largest absolute Gasteiger partial charge is 0.381 e. The van der Waals surface area contributed by atoms with E-state index in [9.17, 15) is 0 Å². The maximum Gasteiger partial charge on any atom is 0.226 e. The van der Waals surface area contributed by atoms with Gasteiger partial charge in [0.15, 0.2) is 0 Å². The van der Waals surface area contributed by atoms with E-state index in [1.54, 1.807) is 7.11 Å². The smallest absolute Gasteiger partial charge is 0.226 e. The molecular formula is C13H23N3O3. The minimum absolute atomic E-state index is 0.211. The third-order valence-electron chi connectivity index (χ3n) is 3.62. The van der Waals surface area contributed by atoms with Crippen molar-refractivity contribution in [1.29, 1.82) is 0 Å². The predicted octanol–water partition coefficient (Wildman–Crippen LogP) is 1.39. The number of aromatic nitrogens is 2. The molecule has 2 heterocycles. The lowest BCUT2D eigenvalue weighted by Gasteiger charge is -2.32. The molecule has 108 valence electrons. The van der Waals surface area contributed by atoms with Crippen molar-refractivity contribution in [2.45, 2.75) is 50.7 Å². The average molecular weight is 269 g/mol. The quantitative estimate of drug-likeness (QED) is 0.840. The summed E-state index contributed by atoms with van der Waals surface area (Å²) >= 11 is 0. The zero-order valence-corrected chi connectivity index (χ0v) is 11.7. The Bertz CT molecular complexity index is 386. The molecule has 2 N–H and O–H groups in total. The van der Waals surface area contributed by atoms with Crippen LogP contribution in [0.2, 0.25) is 0 Å². The molecule has 0 bridgehead atoms. The standard InChI is InChI=1S/C13H23N3O3/c1-10(14)4-3-5-11-15-12(16-19-11)13(17-2)6-8-18-9-7-13/h10H,3-9,14H2,1-2H3. The van der Waals surface area contributed by atoms with Crippen molar-refractivity contribution < 1.29 is 14.0 Å². The Morgan fingerprint density at radius 3 is 2.79 bits per heavy atom. The Labute approximate surface area is 113 Å².